The van der Waals surface area contributed by atoms with Crippen LogP contribution in [-0.4, -0.2) is 17.1 Å². The van der Waals surface area contributed by atoms with Crippen LogP contribution >= 0.6 is 22.9 Å². The van der Waals surface area contributed by atoms with Gasteiger partial charge in [-0.15, -0.1) is 11.3 Å². The molecule has 0 saturated carbocycles. The van der Waals surface area contributed by atoms with Crippen molar-refractivity contribution >= 4 is 40.6 Å². The molecule has 26 heavy (non-hydrogen) atoms. The Hall–Kier alpha value is -2.30. The van der Waals surface area contributed by atoms with Crippen LogP contribution in [0.1, 0.15) is 33.1 Å². The number of amides is 3. The highest BCUT2D eigenvalue weighted by atomic mass is 35.5. The van der Waals surface area contributed by atoms with Crippen LogP contribution < -0.4 is 16.1 Å². The largest absolute Gasteiger partial charge is 0.417 e. The number of thiophene rings is 1. The zero-order chi connectivity index (χ0) is 19.5. The van der Waals surface area contributed by atoms with E-state index in [1.807, 2.05) is 0 Å². The number of alkyl halides is 3. The summed E-state index contributed by atoms with van der Waals surface area (Å²) in [5, 5.41) is 13.0. The number of rotatable bonds is 4. The number of anilines is 1. The third kappa shape index (κ3) is 4.87. The number of urea groups is 1. The fourth-order valence-electron chi connectivity index (χ4n) is 2.02. The Kier molecular flexibility index (Phi) is 6.11. The molecule has 140 valence electrons. The monoisotopic (exact) mass is 407 g/mol. The minimum absolute atomic E-state index is 0.0713. The van der Waals surface area contributed by atoms with E-state index in [1.54, 1.807) is 13.0 Å². The summed E-state index contributed by atoms with van der Waals surface area (Å²) in [6.07, 6.45) is -4.64. The molecule has 2 aromatic rings. The van der Waals surface area contributed by atoms with Crippen molar-refractivity contribution in [2.24, 2.45) is 0 Å². The molecule has 1 aromatic heterocycles. The Balaban J connectivity index is 2.04. The van der Waals surface area contributed by atoms with Crippen LogP contribution in [0.2, 0.25) is 5.02 Å². The van der Waals surface area contributed by atoms with E-state index in [0.717, 1.165) is 23.5 Å². The molecule has 0 aliphatic heterocycles. The second-order valence-electron chi connectivity index (χ2n) is 5.16. The molecule has 2 rings (SSSR count). The maximum Gasteiger partial charge on any atom is 0.417 e. The molecule has 1 heterocycles. The Morgan fingerprint density at radius 2 is 1.92 bits per heavy atom. The van der Waals surface area contributed by atoms with Crippen molar-refractivity contribution in [1.82, 2.24) is 10.8 Å². The molecule has 1 unspecified atom stereocenters. The fraction of sp³-hybridized carbons (Fsp3) is 0.200. The second kappa shape index (κ2) is 7.94. The zero-order valence-electron chi connectivity index (χ0n) is 13.1. The van der Waals surface area contributed by atoms with Crippen LogP contribution in [0.4, 0.5) is 23.7 Å². The number of hydrogen-bond donors (Lipinski definition) is 4. The first-order chi connectivity index (χ1) is 12.1. The summed E-state index contributed by atoms with van der Waals surface area (Å²) in [6, 6.07) is 4.84. The van der Waals surface area contributed by atoms with Gasteiger partial charge in [-0.3, -0.25) is 10.0 Å². The first-order valence-corrected chi connectivity index (χ1v) is 8.29. The molecule has 0 radical (unpaired) electrons. The molecule has 0 fully saturated rings. The summed E-state index contributed by atoms with van der Waals surface area (Å²) in [5.74, 6) is -0.682. The van der Waals surface area contributed by atoms with Crippen LogP contribution in [0.15, 0.2) is 30.3 Å². The standard InChI is InChI=1S/C15H13ClF3N3O3S/c1-7(11-4-5-12(26-11)13(23)22-25)20-14(24)21-8-2-3-10(16)9(6-8)15(17,18)19/h2-7,25H,1H3,(H,22,23)(H2,20,21,24). The normalized spacial score (nSPS) is 12.4. The Morgan fingerprint density at radius 1 is 1.23 bits per heavy atom. The molecule has 6 nitrogen and oxygen atoms in total. The van der Waals surface area contributed by atoms with Gasteiger partial charge in [-0.1, -0.05) is 11.6 Å². The lowest BCUT2D eigenvalue weighted by Crippen LogP contribution is -2.30. The van der Waals surface area contributed by atoms with Crippen molar-refractivity contribution in [3.63, 3.8) is 0 Å². The zero-order valence-corrected chi connectivity index (χ0v) is 14.7. The highest BCUT2D eigenvalue weighted by Gasteiger charge is 2.33. The van der Waals surface area contributed by atoms with Crippen molar-refractivity contribution in [3.05, 3.63) is 50.7 Å². The second-order valence-corrected chi connectivity index (χ2v) is 6.68. The van der Waals surface area contributed by atoms with E-state index in [0.29, 0.717) is 4.88 Å². The molecule has 4 N–H and O–H groups in total. The van der Waals surface area contributed by atoms with E-state index < -0.39 is 34.7 Å². The molecule has 1 aromatic carbocycles. The third-order valence-corrected chi connectivity index (χ3v) is 4.85. The van der Waals surface area contributed by atoms with Crippen molar-refractivity contribution < 1.29 is 28.0 Å². The molecule has 0 aliphatic rings. The predicted octanol–water partition coefficient (Wildman–Crippen LogP) is 4.42. The van der Waals surface area contributed by atoms with Gasteiger partial charge in [0.15, 0.2) is 0 Å². The molecule has 0 bridgehead atoms. The van der Waals surface area contributed by atoms with Gasteiger partial charge in [0.2, 0.25) is 0 Å². The fourth-order valence-corrected chi connectivity index (χ4v) is 3.14. The maximum atomic E-state index is 12.8. The van der Waals surface area contributed by atoms with Gasteiger partial charge in [-0.2, -0.15) is 13.2 Å². The Bertz CT molecular complexity index is 826. The number of hydroxylamine groups is 1. The van der Waals surface area contributed by atoms with Gasteiger partial charge in [-0.25, -0.2) is 10.3 Å². The molecule has 11 heteroatoms. The van der Waals surface area contributed by atoms with Crippen molar-refractivity contribution in [1.29, 1.82) is 0 Å². The third-order valence-electron chi connectivity index (χ3n) is 3.26. The first-order valence-electron chi connectivity index (χ1n) is 7.10. The Morgan fingerprint density at radius 3 is 2.54 bits per heavy atom. The SMILES string of the molecule is CC(NC(=O)Nc1ccc(Cl)c(C(F)(F)F)c1)c1ccc(C(=O)NO)s1. The quantitative estimate of drug-likeness (QED) is 0.446. The van der Waals surface area contributed by atoms with Gasteiger partial charge in [0.05, 0.1) is 21.5 Å². The van der Waals surface area contributed by atoms with E-state index in [1.165, 1.54) is 17.6 Å². The number of nitrogens with one attached hydrogen (secondary N) is 3. The van der Waals surface area contributed by atoms with E-state index in [-0.39, 0.29) is 10.6 Å². The molecular weight excluding hydrogens is 395 g/mol. The molecule has 0 saturated heterocycles. The van der Waals surface area contributed by atoms with Crippen LogP contribution in [0.25, 0.3) is 0 Å². The lowest BCUT2D eigenvalue weighted by molar-refractivity contribution is -0.137. The smallest absolute Gasteiger partial charge is 0.331 e. The summed E-state index contributed by atoms with van der Waals surface area (Å²) in [5.41, 5.74) is 0.374. The van der Waals surface area contributed by atoms with Crippen LogP contribution in [0.5, 0.6) is 0 Å². The van der Waals surface area contributed by atoms with Gasteiger partial charge in [0, 0.05) is 10.6 Å². The molecule has 0 spiro atoms. The predicted molar refractivity (Wildman–Crippen MR) is 90.6 cm³/mol. The summed E-state index contributed by atoms with van der Waals surface area (Å²) < 4.78 is 38.5. The highest BCUT2D eigenvalue weighted by molar-refractivity contribution is 7.14. The number of halogens is 4. The number of carbonyl (C=O) groups is 2. The highest BCUT2D eigenvalue weighted by Crippen LogP contribution is 2.36. The summed E-state index contributed by atoms with van der Waals surface area (Å²) >= 11 is 6.57. The van der Waals surface area contributed by atoms with E-state index >= 15 is 0 Å². The van der Waals surface area contributed by atoms with E-state index in [4.69, 9.17) is 16.8 Å². The Labute approximate surface area is 154 Å². The molecule has 0 aliphatic carbocycles. The summed E-state index contributed by atoms with van der Waals surface area (Å²) in [4.78, 5) is 24.1. The van der Waals surface area contributed by atoms with Crippen LogP contribution in [-0.2, 0) is 6.18 Å². The first kappa shape index (κ1) is 20.0. The van der Waals surface area contributed by atoms with Gasteiger partial charge in [0.25, 0.3) is 5.91 Å². The van der Waals surface area contributed by atoms with Crippen LogP contribution in [0, 0.1) is 0 Å². The summed E-state index contributed by atoms with van der Waals surface area (Å²) in [7, 11) is 0. The van der Waals surface area contributed by atoms with E-state index in [2.05, 4.69) is 10.6 Å². The van der Waals surface area contributed by atoms with Gasteiger partial charge < -0.3 is 10.6 Å². The van der Waals surface area contributed by atoms with Crippen molar-refractivity contribution in [2.75, 3.05) is 5.32 Å². The van der Waals surface area contributed by atoms with Crippen molar-refractivity contribution in [3.8, 4) is 0 Å². The van der Waals surface area contributed by atoms with Crippen molar-refractivity contribution in [2.45, 2.75) is 19.1 Å². The molecule has 1 atom stereocenters. The van der Waals surface area contributed by atoms with Gasteiger partial charge >= 0.3 is 12.2 Å². The van der Waals surface area contributed by atoms with E-state index in [9.17, 15) is 22.8 Å². The lowest BCUT2D eigenvalue weighted by atomic mass is 10.2. The number of benzene rings is 1. The summed E-state index contributed by atoms with van der Waals surface area (Å²) in [6.45, 7) is 1.63. The molecule has 3 amide bonds. The average molecular weight is 408 g/mol. The van der Waals surface area contributed by atoms with Gasteiger partial charge in [0.1, 0.15) is 0 Å². The van der Waals surface area contributed by atoms with Crippen LogP contribution in [0.3, 0.4) is 0 Å². The average Bonchev–Trinajstić information content (AvgIpc) is 3.05. The van der Waals surface area contributed by atoms with Gasteiger partial charge in [-0.05, 0) is 37.3 Å². The minimum atomic E-state index is -4.64. The number of carbonyl (C=O) groups excluding carboxylic acids is 2. The minimum Gasteiger partial charge on any atom is -0.331 e. The number of hydrogen-bond acceptors (Lipinski definition) is 4. The lowest BCUT2D eigenvalue weighted by Gasteiger charge is -2.15. The molecular formula is C15H13ClF3N3O3S. The topological polar surface area (TPSA) is 90.5 Å². The maximum absolute atomic E-state index is 12.8.